The molecule has 0 amide bonds. The first-order valence-electron chi connectivity index (χ1n) is 5.04. The van der Waals surface area contributed by atoms with E-state index in [2.05, 4.69) is 37.4 Å². The zero-order valence-corrected chi connectivity index (χ0v) is 10.6. The summed E-state index contributed by atoms with van der Waals surface area (Å²) in [5.41, 5.74) is 2.30. The predicted molar refractivity (Wildman–Crippen MR) is 66.0 cm³/mol. The number of nitrogens with one attached hydrogen (secondary N) is 1. The van der Waals surface area contributed by atoms with E-state index in [0.717, 1.165) is 23.1 Å². The Morgan fingerprint density at radius 2 is 2.31 bits per heavy atom. The Bertz CT molecular complexity index is 467. The van der Waals surface area contributed by atoms with Gasteiger partial charge < -0.3 is 5.32 Å². The van der Waals surface area contributed by atoms with Crippen molar-refractivity contribution >= 4 is 15.9 Å². The predicted octanol–water partition coefficient (Wildman–Crippen LogP) is 1.81. The number of hydrogen-bond donors (Lipinski definition) is 1. The molecule has 1 N–H and O–H groups in total. The molecule has 2 rings (SSSR count). The SMILES string of the molecule is CNCc1ccnn1Cc1cncc(Br)c1. The molecule has 5 heteroatoms. The molecule has 0 aliphatic rings. The normalized spacial score (nSPS) is 10.6. The van der Waals surface area contributed by atoms with Gasteiger partial charge in [-0.05, 0) is 40.7 Å². The molecule has 0 bridgehead atoms. The van der Waals surface area contributed by atoms with Crippen LogP contribution in [0.5, 0.6) is 0 Å². The van der Waals surface area contributed by atoms with Crippen LogP contribution in [0.25, 0.3) is 0 Å². The van der Waals surface area contributed by atoms with E-state index >= 15 is 0 Å². The third-order valence-electron chi connectivity index (χ3n) is 2.26. The van der Waals surface area contributed by atoms with Crippen LogP contribution in [0.4, 0.5) is 0 Å². The summed E-state index contributed by atoms with van der Waals surface area (Å²) >= 11 is 3.41. The third-order valence-corrected chi connectivity index (χ3v) is 2.69. The van der Waals surface area contributed by atoms with Gasteiger partial charge in [0.05, 0.1) is 12.2 Å². The van der Waals surface area contributed by atoms with E-state index in [9.17, 15) is 0 Å². The average Bonchev–Trinajstić information content (AvgIpc) is 2.66. The summed E-state index contributed by atoms with van der Waals surface area (Å²) in [7, 11) is 1.93. The maximum Gasteiger partial charge on any atom is 0.0678 e. The quantitative estimate of drug-likeness (QED) is 0.929. The fourth-order valence-electron chi connectivity index (χ4n) is 1.55. The van der Waals surface area contributed by atoms with Crippen LogP contribution in [0.15, 0.2) is 35.2 Å². The molecule has 0 spiro atoms. The Morgan fingerprint density at radius 3 is 3.06 bits per heavy atom. The second-order valence-corrected chi connectivity index (χ2v) is 4.44. The summed E-state index contributed by atoms with van der Waals surface area (Å²) in [5.74, 6) is 0. The van der Waals surface area contributed by atoms with E-state index in [1.54, 1.807) is 6.20 Å². The molecular formula is C11H13BrN4. The van der Waals surface area contributed by atoms with Gasteiger partial charge in [-0.15, -0.1) is 0 Å². The lowest BCUT2D eigenvalue weighted by Crippen LogP contribution is -2.13. The molecule has 0 unspecified atom stereocenters. The molecule has 0 saturated carbocycles. The monoisotopic (exact) mass is 280 g/mol. The van der Waals surface area contributed by atoms with E-state index in [1.807, 2.05) is 30.2 Å². The maximum absolute atomic E-state index is 4.29. The number of halogens is 1. The van der Waals surface area contributed by atoms with Gasteiger partial charge in [0.1, 0.15) is 0 Å². The highest BCUT2D eigenvalue weighted by atomic mass is 79.9. The van der Waals surface area contributed by atoms with Crippen LogP contribution >= 0.6 is 15.9 Å². The van der Waals surface area contributed by atoms with Crippen molar-refractivity contribution in [2.24, 2.45) is 0 Å². The Kier molecular flexibility index (Phi) is 3.69. The Balaban J connectivity index is 2.17. The highest BCUT2D eigenvalue weighted by Crippen LogP contribution is 2.11. The summed E-state index contributed by atoms with van der Waals surface area (Å²) in [5, 5.41) is 7.42. The lowest BCUT2D eigenvalue weighted by Gasteiger charge is -2.07. The number of nitrogens with zero attached hydrogens (tertiary/aromatic N) is 3. The second kappa shape index (κ2) is 5.23. The summed E-state index contributed by atoms with van der Waals surface area (Å²) < 4.78 is 2.97. The van der Waals surface area contributed by atoms with E-state index in [0.29, 0.717) is 0 Å². The van der Waals surface area contributed by atoms with Gasteiger partial charge in [-0.25, -0.2) is 0 Å². The lowest BCUT2D eigenvalue weighted by molar-refractivity contribution is 0.621. The first-order chi connectivity index (χ1) is 7.79. The van der Waals surface area contributed by atoms with E-state index in [-0.39, 0.29) is 0 Å². The van der Waals surface area contributed by atoms with Gasteiger partial charge in [-0.2, -0.15) is 5.10 Å². The maximum atomic E-state index is 4.29. The summed E-state index contributed by atoms with van der Waals surface area (Å²) in [6.45, 7) is 1.57. The van der Waals surface area contributed by atoms with E-state index in [1.165, 1.54) is 5.69 Å². The fourth-order valence-corrected chi connectivity index (χ4v) is 1.96. The minimum absolute atomic E-state index is 0.746. The van der Waals surface area contributed by atoms with Crippen molar-refractivity contribution in [3.63, 3.8) is 0 Å². The highest BCUT2D eigenvalue weighted by Gasteiger charge is 2.02. The van der Waals surface area contributed by atoms with Crippen molar-refractivity contribution in [1.82, 2.24) is 20.1 Å². The summed E-state index contributed by atoms with van der Waals surface area (Å²) in [6, 6.07) is 4.07. The molecular weight excluding hydrogens is 268 g/mol. The zero-order chi connectivity index (χ0) is 11.4. The van der Waals surface area contributed by atoms with Gasteiger partial charge in [0.25, 0.3) is 0 Å². The van der Waals surface area contributed by atoms with Gasteiger partial charge >= 0.3 is 0 Å². The third kappa shape index (κ3) is 2.68. The van der Waals surface area contributed by atoms with Gasteiger partial charge in [-0.3, -0.25) is 9.67 Å². The van der Waals surface area contributed by atoms with Crippen molar-refractivity contribution in [1.29, 1.82) is 0 Å². The van der Waals surface area contributed by atoms with Gasteiger partial charge in [-0.1, -0.05) is 0 Å². The number of hydrogen-bond acceptors (Lipinski definition) is 3. The molecule has 2 aromatic heterocycles. The molecule has 84 valence electrons. The van der Waals surface area contributed by atoms with Crippen LogP contribution in [-0.2, 0) is 13.1 Å². The second-order valence-electron chi connectivity index (χ2n) is 3.52. The van der Waals surface area contributed by atoms with Crippen LogP contribution in [-0.4, -0.2) is 21.8 Å². The zero-order valence-electron chi connectivity index (χ0n) is 9.02. The minimum atomic E-state index is 0.746. The van der Waals surface area contributed by atoms with Gasteiger partial charge in [0, 0.05) is 29.6 Å². The topological polar surface area (TPSA) is 42.7 Å². The number of pyridine rings is 1. The standard InChI is InChI=1S/C11H13BrN4/c1-13-7-11-2-3-15-16(11)8-9-4-10(12)6-14-5-9/h2-6,13H,7-8H2,1H3. The number of aromatic nitrogens is 3. The van der Waals surface area contributed by atoms with E-state index in [4.69, 9.17) is 0 Å². The smallest absolute Gasteiger partial charge is 0.0678 e. The molecule has 4 nitrogen and oxygen atoms in total. The molecule has 0 aromatic carbocycles. The molecule has 2 heterocycles. The van der Waals surface area contributed by atoms with Gasteiger partial charge in [0.15, 0.2) is 0 Å². The van der Waals surface area contributed by atoms with Crippen LogP contribution in [0.3, 0.4) is 0 Å². The van der Waals surface area contributed by atoms with Crippen LogP contribution in [0, 0.1) is 0 Å². The van der Waals surface area contributed by atoms with Crippen molar-refractivity contribution in [3.05, 3.63) is 46.5 Å². The van der Waals surface area contributed by atoms with Crippen LogP contribution < -0.4 is 5.32 Å². The summed E-state index contributed by atoms with van der Waals surface area (Å²) in [4.78, 5) is 4.14. The first kappa shape index (κ1) is 11.3. The van der Waals surface area contributed by atoms with Crippen molar-refractivity contribution in [2.75, 3.05) is 7.05 Å². The molecule has 16 heavy (non-hydrogen) atoms. The van der Waals surface area contributed by atoms with Crippen molar-refractivity contribution in [2.45, 2.75) is 13.1 Å². The number of rotatable bonds is 4. The van der Waals surface area contributed by atoms with Crippen LogP contribution in [0.1, 0.15) is 11.3 Å². The molecule has 0 aliphatic heterocycles. The van der Waals surface area contributed by atoms with Crippen molar-refractivity contribution < 1.29 is 0 Å². The molecule has 0 radical (unpaired) electrons. The molecule has 2 aromatic rings. The highest BCUT2D eigenvalue weighted by molar-refractivity contribution is 9.10. The Morgan fingerprint density at radius 1 is 1.44 bits per heavy atom. The van der Waals surface area contributed by atoms with Gasteiger partial charge in [0.2, 0.25) is 0 Å². The molecule has 0 atom stereocenters. The largest absolute Gasteiger partial charge is 0.314 e. The minimum Gasteiger partial charge on any atom is -0.314 e. The molecule has 0 aliphatic carbocycles. The Hall–Kier alpha value is -1.20. The average molecular weight is 281 g/mol. The fraction of sp³-hybridized carbons (Fsp3) is 0.273. The lowest BCUT2D eigenvalue weighted by atomic mass is 10.3. The first-order valence-corrected chi connectivity index (χ1v) is 5.83. The summed E-state index contributed by atoms with van der Waals surface area (Å²) in [6.07, 6.45) is 5.45. The van der Waals surface area contributed by atoms with E-state index < -0.39 is 0 Å². The Labute approximate surface area is 103 Å². The van der Waals surface area contributed by atoms with Crippen LogP contribution in [0.2, 0.25) is 0 Å². The molecule has 0 saturated heterocycles. The van der Waals surface area contributed by atoms with Crippen molar-refractivity contribution in [3.8, 4) is 0 Å². The molecule has 0 fully saturated rings.